The van der Waals surface area contributed by atoms with E-state index in [0.717, 1.165) is 12.2 Å². The Balaban J connectivity index is 0.00000169. The molecule has 1 heterocycles. The molecule has 0 fully saturated rings. The molecule has 0 aromatic carbocycles. The number of nitrogens with two attached hydrogens (primary N) is 1. The van der Waals surface area contributed by atoms with E-state index in [1.165, 1.54) is 0 Å². The molecule has 0 amide bonds. The molecule has 0 aliphatic rings. The van der Waals surface area contributed by atoms with Crippen LogP contribution in [-0.2, 0) is 0 Å². The number of anilines is 2. The third-order valence-electron chi connectivity index (χ3n) is 1.56. The number of nitrogen functional groups attached to an aromatic ring is 1. The fourth-order valence-corrected chi connectivity index (χ4v) is 0.895. The van der Waals surface area contributed by atoms with Gasteiger partial charge in [0.05, 0.1) is 11.9 Å². The maximum atomic E-state index is 5.26. The second-order valence-electron chi connectivity index (χ2n) is 3.21. The molecule has 0 aliphatic carbocycles. The maximum Gasteiger partial charge on any atom is 0.186 e. The molecule has 0 saturated carbocycles. The molecule has 4 N–H and O–H groups in total. The maximum absolute atomic E-state index is 5.26. The van der Waals surface area contributed by atoms with Crippen molar-refractivity contribution in [3.8, 4) is 0 Å². The highest BCUT2D eigenvalue weighted by Gasteiger charge is 2.01. The van der Waals surface area contributed by atoms with Crippen LogP contribution in [0.1, 0.15) is 13.8 Å². The number of rotatable bonds is 4. The van der Waals surface area contributed by atoms with Crippen molar-refractivity contribution in [2.45, 2.75) is 13.8 Å². The Hall–Kier alpha value is -1.07. The van der Waals surface area contributed by atoms with Crippen LogP contribution in [0.4, 0.5) is 11.5 Å². The molecule has 1 aromatic heterocycles. The van der Waals surface area contributed by atoms with Crippen molar-refractivity contribution in [2.75, 3.05) is 17.3 Å². The van der Waals surface area contributed by atoms with Crippen molar-refractivity contribution in [3.05, 3.63) is 12.3 Å². The van der Waals surface area contributed by atoms with Gasteiger partial charge in [0.25, 0.3) is 0 Å². The van der Waals surface area contributed by atoms with Crippen LogP contribution in [0.2, 0.25) is 0 Å². The molecule has 5 nitrogen and oxygen atoms in total. The van der Waals surface area contributed by atoms with Gasteiger partial charge in [-0.05, 0) is 12.0 Å². The summed E-state index contributed by atoms with van der Waals surface area (Å²) in [7, 11) is 0. The van der Waals surface area contributed by atoms with Crippen LogP contribution in [0.25, 0.3) is 0 Å². The Bertz CT molecular complexity index is 266. The van der Waals surface area contributed by atoms with Gasteiger partial charge in [-0.1, -0.05) is 13.8 Å². The summed E-state index contributed by atoms with van der Waals surface area (Å²) in [4.78, 5) is 0. The minimum atomic E-state index is 0. The zero-order valence-corrected chi connectivity index (χ0v) is 9.14. The van der Waals surface area contributed by atoms with Gasteiger partial charge in [0.15, 0.2) is 5.82 Å². The molecule has 1 rings (SSSR count). The van der Waals surface area contributed by atoms with E-state index in [-0.39, 0.29) is 12.4 Å². The zero-order valence-electron chi connectivity index (χ0n) is 8.32. The average molecular weight is 218 g/mol. The fraction of sp³-hybridized carbons (Fsp3) is 0.500. The smallest absolute Gasteiger partial charge is 0.186 e. The van der Waals surface area contributed by atoms with Crippen molar-refractivity contribution in [1.82, 2.24) is 10.2 Å². The summed E-state index contributed by atoms with van der Waals surface area (Å²) >= 11 is 0. The zero-order chi connectivity index (χ0) is 9.68. The highest BCUT2D eigenvalue weighted by atomic mass is 35.5. The summed E-state index contributed by atoms with van der Waals surface area (Å²) in [5.74, 6) is 6.42. The molecule has 0 saturated heterocycles. The molecule has 0 aliphatic heterocycles. The van der Waals surface area contributed by atoms with Gasteiger partial charge in [0, 0.05) is 6.54 Å². The number of hydrazine groups is 1. The minimum Gasteiger partial charge on any atom is -0.382 e. The highest BCUT2D eigenvalue weighted by Crippen LogP contribution is 2.15. The average Bonchev–Trinajstić information content (AvgIpc) is 2.15. The number of nitrogens with zero attached hydrogens (tertiary/aromatic N) is 2. The molecular weight excluding hydrogens is 202 g/mol. The lowest BCUT2D eigenvalue weighted by Crippen LogP contribution is -2.14. The summed E-state index contributed by atoms with van der Waals surface area (Å²) in [5, 5.41) is 10.8. The Morgan fingerprint density at radius 3 is 2.79 bits per heavy atom. The molecular formula is C8H16ClN5. The van der Waals surface area contributed by atoms with Gasteiger partial charge >= 0.3 is 0 Å². The van der Waals surface area contributed by atoms with E-state index in [2.05, 4.69) is 34.8 Å². The predicted octanol–water partition coefficient (Wildman–Crippen LogP) is 1.25. The van der Waals surface area contributed by atoms with Crippen LogP contribution in [-0.4, -0.2) is 16.7 Å². The number of halogens is 1. The lowest BCUT2D eigenvalue weighted by atomic mass is 10.2. The molecule has 0 radical (unpaired) electrons. The molecule has 1 aromatic rings. The van der Waals surface area contributed by atoms with Gasteiger partial charge in [0.2, 0.25) is 0 Å². The van der Waals surface area contributed by atoms with E-state index in [9.17, 15) is 0 Å². The van der Waals surface area contributed by atoms with Crippen LogP contribution in [0.3, 0.4) is 0 Å². The summed E-state index contributed by atoms with van der Waals surface area (Å²) in [6.07, 6.45) is 1.63. The van der Waals surface area contributed by atoms with Crippen molar-refractivity contribution in [3.63, 3.8) is 0 Å². The number of hydrogen-bond donors (Lipinski definition) is 3. The van der Waals surface area contributed by atoms with Crippen molar-refractivity contribution < 1.29 is 0 Å². The Morgan fingerprint density at radius 1 is 1.50 bits per heavy atom. The van der Waals surface area contributed by atoms with E-state index in [1.54, 1.807) is 6.20 Å². The lowest BCUT2D eigenvalue weighted by Gasteiger charge is -2.10. The number of hydrogen-bond acceptors (Lipinski definition) is 5. The first-order valence-electron chi connectivity index (χ1n) is 4.26. The topological polar surface area (TPSA) is 75.9 Å². The molecule has 6 heteroatoms. The summed E-state index contributed by atoms with van der Waals surface area (Å²) in [6.45, 7) is 5.16. The van der Waals surface area contributed by atoms with E-state index >= 15 is 0 Å². The summed E-state index contributed by atoms with van der Waals surface area (Å²) < 4.78 is 0. The molecule has 0 atom stereocenters. The molecule has 14 heavy (non-hydrogen) atoms. The standard InChI is InChI=1S/C8H15N5.ClH/c1-6(2)5-10-7-3-4-11-13-8(7)12-9;/h3-4,6H,5,9H2,1-2H3,(H,10,11)(H,12,13);1H. The molecule has 0 bridgehead atoms. The van der Waals surface area contributed by atoms with Gasteiger partial charge < -0.3 is 10.7 Å². The molecule has 0 spiro atoms. The number of aromatic nitrogens is 2. The minimum absolute atomic E-state index is 0. The monoisotopic (exact) mass is 217 g/mol. The van der Waals surface area contributed by atoms with Crippen molar-refractivity contribution in [1.29, 1.82) is 0 Å². The Kier molecular flexibility index (Phi) is 5.91. The highest BCUT2D eigenvalue weighted by molar-refractivity contribution is 5.85. The second-order valence-corrected chi connectivity index (χ2v) is 3.21. The van der Waals surface area contributed by atoms with Gasteiger partial charge in [-0.15, -0.1) is 17.5 Å². The Labute approximate surface area is 89.9 Å². The van der Waals surface area contributed by atoms with Crippen LogP contribution < -0.4 is 16.6 Å². The van der Waals surface area contributed by atoms with Crippen LogP contribution in [0.15, 0.2) is 12.3 Å². The van der Waals surface area contributed by atoms with E-state index < -0.39 is 0 Å². The first-order valence-corrected chi connectivity index (χ1v) is 4.26. The van der Waals surface area contributed by atoms with Gasteiger partial charge in [-0.2, -0.15) is 5.10 Å². The van der Waals surface area contributed by atoms with Gasteiger partial charge in [-0.3, -0.25) is 0 Å². The van der Waals surface area contributed by atoms with E-state index in [1.807, 2.05) is 6.07 Å². The predicted molar refractivity (Wildman–Crippen MR) is 60.4 cm³/mol. The lowest BCUT2D eigenvalue weighted by molar-refractivity contribution is 0.688. The van der Waals surface area contributed by atoms with Crippen molar-refractivity contribution in [2.24, 2.45) is 11.8 Å². The van der Waals surface area contributed by atoms with Gasteiger partial charge in [-0.25, -0.2) is 5.84 Å². The quantitative estimate of drug-likeness (QED) is 0.523. The van der Waals surface area contributed by atoms with Crippen LogP contribution in [0.5, 0.6) is 0 Å². The molecule has 0 unspecified atom stereocenters. The first-order chi connectivity index (χ1) is 6.24. The first kappa shape index (κ1) is 12.9. The van der Waals surface area contributed by atoms with Crippen LogP contribution >= 0.6 is 12.4 Å². The van der Waals surface area contributed by atoms with E-state index in [0.29, 0.717) is 11.7 Å². The summed E-state index contributed by atoms with van der Waals surface area (Å²) in [6, 6.07) is 1.84. The fourth-order valence-electron chi connectivity index (χ4n) is 0.895. The van der Waals surface area contributed by atoms with Crippen LogP contribution in [0, 0.1) is 5.92 Å². The molecule has 80 valence electrons. The SMILES string of the molecule is CC(C)CNc1ccnnc1NN.Cl. The third kappa shape index (κ3) is 3.76. The Morgan fingerprint density at radius 2 is 2.21 bits per heavy atom. The third-order valence-corrected chi connectivity index (χ3v) is 1.56. The van der Waals surface area contributed by atoms with E-state index in [4.69, 9.17) is 5.84 Å². The second kappa shape index (κ2) is 6.39. The normalized spacial score (nSPS) is 9.43. The van der Waals surface area contributed by atoms with Crippen molar-refractivity contribution >= 4 is 23.9 Å². The largest absolute Gasteiger partial charge is 0.382 e. The summed E-state index contributed by atoms with van der Waals surface area (Å²) in [5.41, 5.74) is 3.36. The van der Waals surface area contributed by atoms with Gasteiger partial charge in [0.1, 0.15) is 0 Å². The number of nitrogens with one attached hydrogen (secondary N) is 2.